The summed E-state index contributed by atoms with van der Waals surface area (Å²) in [5.41, 5.74) is -0.240. The molecule has 2 aromatic heterocycles. The van der Waals surface area contributed by atoms with Crippen LogP contribution in [0.25, 0.3) is 11.2 Å². The summed E-state index contributed by atoms with van der Waals surface area (Å²) in [7, 11) is 3.37. The Hall–Kier alpha value is -2.38. The summed E-state index contributed by atoms with van der Waals surface area (Å²) < 4.78 is 9.53. The van der Waals surface area contributed by atoms with Crippen LogP contribution in [-0.4, -0.2) is 30.8 Å². The van der Waals surface area contributed by atoms with E-state index in [1.807, 2.05) is 6.92 Å². The van der Waals surface area contributed by atoms with Crippen molar-refractivity contribution in [3.8, 4) is 0 Å². The highest BCUT2D eigenvalue weighted by atomic mass is 16.5. The van der Waals surface area contributed by atoms with Crippen LogP contribution in [0.5, 0.6) is 0 Å². The van der Waals surface area contributed by atoms with Crippen LogP contribution in [0.2, 0.25) is 0 Å². The van der Waals surface area contributed by atoms with Crippen LogP contribution in [-0.2, 0) is 30.2 Å². The van der Waals surface area contributed by atoms with E-state index in [4.69, 9.17) is 4.74 Å². The zero-order valence-corrected chi connectivity index (χ0v) is 14.2. The Bertz CT molecular complexity index is 884. The maximum absolute atomic E-state index is 12.7. The summed E-state index contributed by atoms with van der Waals surface area (Å²) in [4.78, 5) is 39.9. The van der Waals surface area contributed by atoms with Gasteiger partial charge in [0.15, 0.2) is 11.2 Å². The molecule has 1 fully saturated rings. The van der Waals surface area contributed by atoms with Crippen LogP contribution in [0, 0.1) is 5.92 Å². The molecule has 0 spiro atoms. The van der Waals surface area contributed by atoms with E-state index in [-0.39, 0.29) is 17.2 Å². The smallest absolute Gasteiger partial charge is 0.332 e. The average Bonchev–Trinajstić information content (AvgIpc) is 2.93. The van der Waals surface area contributed by atoms with Crippen molar-refractivity contribution in [2.24, 2.45) is 20.0 Å². The molecule has 8 nitrogen and oxygen atoms in total. The van der Waals surface area contributed by atoms with Gasteiger partial charge in [0, 0.05) is 20.6 Å². The van der Waals surface area contributed by atoms with Crippen molar-refractivity contribution in [2.75, 3.05) is 0 Å². The van der Waals surface area contributed by atoms with Gasteiger partial charge in [-0.05, 0) is 38.5 Å². The molecule has 0 bridgehead atoms. The van der Waals surface area contributed by atoms with Crippen LogP contribution in [0.3, 0.4) is 0 Å². The fourth-order valence-corrected chi connectivity index (χ4v) is 3.52. The van der Waals surface area contributed by atoms with E-state index < -0.39 is 5.60 Å². The van der Waals surface area contributed by atoms with E-state index >= 15 is 0 Å². The Morgan fingerprint density at radius 1 is 1.33 bits per heavy atom. The fraction of sp³-hybridized carbons (Fsp3) is 0.625. The SMILES string of the molecule is Cn1cnc2c1c(=O)n(CC1CCC(C)(OC=O)CC1)c(=O)n2C. The summed E-state index contributed by atoms with van der Waals surface area (Å²) in [6.45, 7) is 2.80. The molecular weight excluding hydrogens is 312 g/mol. The van der Waals surface area contributed by atoms with Gasteiger partial charge in [0.05, 0.1) is 6.33 Å². The first-order chi connectivity index (χ1) is 11.4. The van der Waals surface area contributed by atoms with Crippen LogP contribution < -0.4 is 11.2 Å². The third kappa shape index (κ3) is 2.65. The van der Waals surface area contributed by atoms with E-state index in [9.17, 15) is 14.4 Å². The molecule has 0 aliphatic heterocycles. The number of hydrogen-bond acceptors (Lipinski definition) is 5. The lowest BCUT2D eigenvalue weighted by atomic mass is 9.79. The largest absolute Gasteiger partial charge is 0.462 e. The highest BCUT2D eigenvalue weighted by molar-refractivity contribution is 5.69. The Labute approximate surface area is 138 Å². The highest BCUT2D eigenvalue weighted by Gasteiger charge is 2.33. The van der Waals surface area contributed by atoms with Gasteiger partial charge < -0.3 is 9.30 Å². The van der Waals surface area contributed by atoms with Gasteiger partial charge in [0.2, 0.25) is 0 Å². The lowest BCUT2D eigenvalue weighted by molar-refractivity contribution is -0.145. The lowest BCUT2D eigenvalue weighted by Gasteiger charge is -2.35. The van der Waals surface area contributed by atoms with E-state index in [0.717, 1.165) is 25.7 Å². The Kier molecular flexibility index (Phi) is 4.06. The molecule has 1 aliphatic carbocycles. The van der Waals surface area contributed by atoms with Crippen molar-refractivity contribution in [2.45, 2.75) is 44.8 Å². The number of ether oxygens (including phenoxy) is 1. The molecule has 0 unspecified atom stereocenters. The van der Waals surface area contributed by atoms with E-state index in [2.05, 4.69) is 4.98 Å². The van der Waals surface area contributed by atoms with Gasteiger partial charge in [-0.1, -0.05) is 0 Å². The Morgan fingerprint density at radius 3 is 2.62 bits per heavy atom. The van der Waals surface area contributed by atoms with Crippen LogP contribution in [0.15, 0.2) is 15.9 Å². The number of aryl methyl sites for hydroxylation is 2. The zero-order chi connectivity index (χ0) is 17.5. The van der Waals surface area contributed by atoms with Crippen molar-refractivity contribution < 1.29 is 9.53 Å². The zero-order valence-electron chi connectivity index (χ0n) is 14.2. The van der Waals surface area contributed by atoms with Crippen molar-refractivity contribution in [1.29, 1.82) is 0 Å². The summed E-state index contributed by atoms with van der Waals surface area (Å²) in [6.07, 6.45) is 4.63. The number of aromatic nitrogens is 4. The van der Waals surface area contributed by atoms with E-state index in [1.165, 1.54) is 9.13 Å². The number of carbonyl (C=O) groups excluding carboxylic acids is 1. The maximum atomic E-state index is 12.7. The van der Waals surface area contributed by atoms with Crippen LogP contribution in [0.1, 0.15) is 32.6 Å². The van der Waals surface area contributed by atoms with Gasteiger partial charge in [0.1, 0.15) is 5.60 Å². The van der Waals surface area contributed by atoms with Gasteiger partial charge in [-0.25, -0.2) is 9.78 Å². The van der Waals surface area contributed by atoms with Gasteiger partial charge >= 0.3 is 5.69 Å². The molecule has 0 radical (unpaired) electrons. The third-order valence-corrected chi connectivity index (χ3v) is 5.14. The van der Waals surface area contributed by atoms with Crippen molar-refractivity contribution >= 4 is 17.6 Å². The number of fused-ring (bicyclic) bond motifs is 1. The van der Waals surface area contributed by atoms with Crippen LogP contribution in [0.4, 0.5) is 0 Å². The molecule has 2 aromatic rings. The first kappa shape index (κ1) is 16.5. The second-order valence-corrected chi connectivity index (χ2v) is 6.89. The second kappa shape index (κ2) is 5.92. The Balaban J connectivity index is 1.89. The van der Waals surface area contributed by atoms with E-state index in [0.29, 0.717) is 24.2 Å². The van der Waals surface area contributed by atoms with Crippen molar-refractivity contribution in [1.82, 2.24) is 18.7 Å². The standard InChI is InChI=1S/C16H22N4O4/c1-16(24-10-21)6-4-11(5-7-16)8-20-14(22)12-13(17-9-18(12)2)19(3)15(20)23/h9-11H,4-8H2,1-3H3. The first-order valence-electron chi connectivity index (χ1n) is 8.08. The molecule has 8 heteroatoms. The molecule has 0 N–H and O–H groups in total. The van der Waals surface area contributed by atoms with Crippen molar-refractivity contribution in [3.05, 3.63) is 27.2 Å². The number of hydrogen-bond donors (Lipinski definition) is 0. The van der Waals surface area contributed by atoms with Gasteiger partial charge in [-0.3, -0.25) is 18.7 Å². The molecule has 0 amide bonds. The quantitative estimate of drug-likeness (QED) is 0.762. The molecule has 130 valence electrons. The molecular formula is C16H22N4O4. The molecule has 3 rings (SSSR count). The van der Waals surface area contributed by atoms with Crippen LogP contribution >= 0.6 is 0 Å². The molecule has 1 aliphatic rings. The molecule has 0 saturated heterocycles. The van der Waals surface area contributed by atoms with E-state index in [1.54, 1.807) is 25.0 Å². The summed E-state index contributed by atoms with van der Waals surface area (Å²) in [6, 6.07) is 0. The topological polar surface area (TPSA) is 88.1 Å². The highest BCUT2D eigenvalue weighted by Crippen LogP contribution is 2.34. The summed E-state index contributed by atoms with van der Waals surface area (Å²) >= 11 is 0. The van der Waals surface area contributed by atoms with Gasteiger partial charge in [0.25, 0.3) is 12.0 Å². The predicted octanol–water partition coefficient (Wildman–Crippen LogP) is 0.556. The minimum atomic E-state index is -0.430. The predicted molar refractivity (Wildman–Crippen MR) is 87.7 cm³/mol. The average molecular weight is 334 g/mol. The maximum Gasteiger partial charge on any atom is 0.332 e. The molecule has 0 aromatic carbocycles. The molecule has 24 heavy (non-hydrogen) atoms. The van der Waals surface area contributed by atoms with Crippen molar-refractivity contribution in [3.63, 3.8) is 0 Å². The third-order valence-electron chi connectivity index (χ3n) is 5.14. The number of rotatable bonds is 4. The summed E-state index contributed by atoms with van der Waals surface area (Å²) in [5, 5.41) is 0. The molecule has 1 saturated carbocycles. The number of nitrogens with zero attached hydrogens (tertiary/aromatic N) is 4. The lowest BCUT2D eigenvalue weighted by Crippen LogP contribution is -2.42. The minimum Gasteiger partial charge on any atom is -0.462 e. The van der Waals surface area contributed by atoms with Gasteiger partial charge in [-0.2, -0.15) is 0 Å². The number of carbonyl (C=O) groups is 1. The first-order valence-corrected chi connectivity index (χ1v) is 8.08. The van der Waals surface area contributed by atoms with Gasteiger partial charge in [-0.15, -0.1) is 0 Å². The summed E-state index contributed by atoms with van der Waals surface area (Å²) in [5.74, 6) is 0.212. The monoisotopic (exact) mass is 334 g/mol. The normalized spacial score (nSPS) is 24.2. The minimum absolute atomic E-state index is 0.212. The fourth-order valence-electron chi connectivity index (χ4n) is 3.52. The number of imidazole rings is 1. The molecule has 0 atom stereocenters. The molecule has 2 heterocycles. The second-order valence-electron chi connectivity index (χ2n) is 6.89. The Morgan fingerprint density at radius 2 is 2.00 bits per heavy atom.